The molecule has 0 radical (unpaired) electrons. The molecule has 1 aliphatic heterocycles. The Kier molecular flexibility index (Phi) is 5.18. The van der Waals surface area contributed by atoms with Crippen LogP contribution < -0.4 is 5.73 Å². The summed E-state index contributed by atoms with van der Waals surface area (Å²) in [5.41, 5.74) is 5.90. The Morgan fingerprint density at radius 1 is 1.44 bits per heavy atom. The molecule has 1 heterocycles. The average molecular weight is 229 g/mol. The van der Waals surface area contributed by atoms with Crippen molar-refractivity contribution in [3.8, 4) is 0 Å². The summed E-state index contributed by atoms with van der Waals surface area (Å²) in [7, 11) is 3.96. The quantitative estimate of drug-likeness (QED) is 0.740. The molecule has 0 aromatic heterocycles. The van der Waals surface area contributed by atoms with Crippen LogP contribution in [0.5, 0.6) is 0 Å². The van der Waals surface area contributed by atoms with E-state index < -0.39 is 0 Å². The van der Waals surface area contributed by atoms with Crippen LogP contribution in [0, 0.1) is 0 Å². The van der Waals surface area contributed by atoms with Crippen LogP contribution in [0.4, 0.5) is 0 Å². The lowest BCUT2D eigenvalue weighted by Crippen LogP contribution is -2.62. The van der Waals surface area contributed by atoms with Gasteiger partial charge in [0.25, 0.3) is 0 Å². The summed E-state index contributed by atoms with van der Waals surface area (Å²) in [6.45, 7) is 9.13. The number of rotatable bonds is 5. The van der Waals surface area contributed by atoms with Crippen LogP contribution in [0.3, 0.4) is 0 Å². The molecule has 1 rings (SSSR count). The third-order valence-corrected chi connectivity index (χ3v) is 3.91. The Hall–Kier alpha value is -0.160. The average Bonchev–Trinajstić information content (AvgIpc) is 2.29. The predicted molar refractivity (Wildman–Crippen MR) is 67.6 cm³/mol. The Labute approximate surface area is 99.7 Å². The first kappa shape index (κ1) is 13.9. The van der Waals surface area contributed by atoms with Gasteiger partial charge in [0.15, 0.2) is 0 Å². The third kappa shape index (κ3) is 2.94. The number of hydrogen-bond acceptors (Lipinski definition) is 4. The number of nitrogens with two attached hydrogens (primary N) is 1. The number of hydrogen-bond donors (Lipinski definition) is 1. The molecular weight excluding hydrogens is 202 g/mol. The van der Waals surface area contributed by atoms with Gasteiger partial charge in [-0.1, -0.05) is 6.92 Å². The SMILES string of the molecule is CCC1CN(C(C)(CN)COC)CCN1C. The summed E-state index contributed by atoms with van der Waals surface area (Å²) in [6.07, 6.45) is 1.20. The Morgan fingerprint density at radius 2 is 2.12 bits per heavy atom. The largest absolute Gasteiger partial charge is 0.383 e. The first-order valence-corrected chi connectivity index (χ1v) is 6.21. The second kappa shape index (κ2) is 5.96. The summed E-state index contributed by atoms with van der Waals surface area (Å²) in [5, 5.41) is 0. The molecule has 16 heavy (non-hydrogen) atoms. The summed E-state index contributed by atoms with van der Waals surface area (Å²) in [4.78, 5) is 4.94. The maximum atomic E-state index is 5.91. The van der Waals surface area contributed by atoms with Gasteiger partial charge in [0.05, 0.1) is 12.1 Å². The number of likely N-dealkylation sites (N-methyl/N-ethyl adjacent to an activating group) is 1. The van der Waals surface area contributed by atoms with Crippen molar-refractivity contribution in [2.75, 3.05) is 46.9 Å². The third-order valence-electron chi connectivity index (χ3n) is 3.91. The van der Waals surface area contributed by atoms with Crippen LogP contribution in [0.15, 0.2) is 0 Å². The molecule has 0 saturated carbocycles. The van der Waals surface area contributed by atoms with E-state index in [0.29, 0.717) is 19.2 Å². The highest BCUT2D eigenvalue weighted by Crippen LogP contribution is 2.20. The van der Waals surface area contributed by atoms with Crippen LogP contribution in [-0.4, -0.2) is 68.3 Å². The first-order valence-electron chi connectivity index (χ1n) is 6.21. The zero-order chi connectivity index (χ0) is 12.2. The Balaban J connectivity index is 2.65. The van der Waals surface area contributed by atoms with E-state index in [-0.39, 0.29) is 5.54 Å². The molecule has 2 N–H and O–H groups in total. The molecule has 0 aromatic rings. The van der Waals surface area contributed by atoms with Crippen LogP contribution in [-0.2, 0) is 4.74 Å². The number of nitrogens with zero attached hydrogens (tertiary/aromatic N) is 2. The lowest BCUT2D eigenvalue weighted by atomic mass is 9.97. The maximum absolute atomic E-state index is 5.91. The van der Waals surface area contributed by atoms with Gasteiger partial charge in [-0.05, 0) is 20.4 Å². The molecule has 0 bridgehead atoms. The highest BCUT2D eigenvalue weighted by atomic mass is 16.5. The Morgan fingerprint density at radius 3 is 2.62 bits per heavy atom. The molecule has 96 valence electrons. The van der Waals surface area contributed by atoms with E-state index in [1.165, 1.54) is 6.42 Å². The molecule has 1 saturated heterocycles. The van der Waals surface area contributed by atoms with Gasteiger partial charge in [0, 0.05) is 39.3 Å². The minimum atomic E-state index is -0.0105. The lowest BCUT2D eigenvalue weighted by Gasteiger charge is -2.47. The highest BCUT2D eigenvalue weighted by molar-refractivity contribution is 4.92. The summed E-state index contributed by atoms with van der Waals surface area (Å²) >= 11 is 0. The number of methoxy groups -OCH3 is 1. The van der Waals surface area contributed by atoms with Gasteiger partial charge < -0.3 is 15.4 Å². The van der Waals surface area contributed by atoms with E-state index in [9.17, 15) is 0 Å². The van der Waals surface area contributed by atoms with Gasteiger partial charge in [0.2, 0.25) is 0 Å². The van der Waals surface area contributed by atoms with Crippen molar-refractivity contribution in [2.45, 2.75) is 31.8 Å². The molecule has 0 aromatic carbocycles. The van der Waals surface area contributed by atoms with Crippen LogP contribution >= 0.6 is 0 Å². The Bertz CT molecular complexity index is 212. The molecule has 4 heteroatoms. The molecule has 1 aliphatic rings. The van der Waals surface area contributed by atoms with Crippen molar-refractivity contribution in [3.63, 3.8) is 0 Å². The second-order valence-electron chi connectivity index (χ2n) is 5.12. The molecule has 4 nitrogen and oxygen atoms in total. The van der Waals surface area contributed by atoms with E-state index in [1.54, 1.807) is 7.11 Å². The fourth-order valence-electron chi connectivity index (χ4n) is 2.47. The van der Waals surface area contributed by atoms with Gasteiger partial charge in [-0.25, -0.2) is 0 Å². The van der Waals surface area contributed by atoms with Crippen molar-refractivity contribution in [1.29, 1.82) is 0 Å². The minimum absolute atomic E-state index is 0.0105. The van der Waals surface area contributed by atoms with Crippen molar-refractivity contribution in [1.82, 2.24) is 9.80 Å². The number of ether oxygens (including phenoxy) is 1. The monoisotopic (exact) mass is 229 g/mol. The van der Waals surface area contributed by atoms with E-state index in [0.717, 1.165) is 19.6 Å². The van der Waals surface area contributed by atoms with E-state index >= 15 is 0 Å². The van der Waals surface area contributed by atoms with Gasteiger partial charge in [-0.15, -0.1) is 0 Å². The zero-order valence-corrected chi connectivity index (χ0v) is 11.2. The van der Waals surface area contributed by atoms with E-state index in [4.69, 9.17) is 10.5 Å². The summed E-state index contributed by atoms with van der Waals surface area (Å²) in [6, 6.07) is 0.650. The van der Waals surface area contributed by atoms with Crippen LogP contribution in [0.1, 0.15) is 20.3 Å². The minimum Gasteiger partial charge on any atom is -0.383 e. The normalized spacial score (nSPS) is 27.9. The fourth-order valence-corrected chi connectivity index (χ4v) is 2.47. The maximum Gasteiger partial charge on any atom is 0.0656 e. The van der Waals surface area contributed by atoms with Crippen molar-refractivity contribution in [2.24, 2.45) is 5.73 Å². The molecule has 0 spiro atoms. The van der Waals surface area contributed by atoms with Gasteiger partial charge >= 0.3 is 0 Å². The van der Waals surface area contributed by atoms with E-state index in [2.05, 4.69) is 30.7 Å². The smallest absolute Gasteiger partial charge is 0.0656 e. The summed E-state index contributed by atoms with van der Waals surface area (Å²) < 4.78 is 5.31. The lowest BCUT2D eigenvalue weighted by molar-refractivity contribution is -0.0190. The molecule has 0 amide bonds. The molecule has 2 atom stereocenters. The van der Waals surface area contributed by atoms with Crippen molar-refractivity contribution in [3.05, 3.63) is 0 Å². The van der Waals surface area contributed by atoms with Crippen LogP contribution in [0.2, 0.25) is 0 Å². The van der Waals surface area contributed by atoms with Crippen molar-refractivity contribution >= 4 is 0 Å². The fraction of sp³-hybridized carbons (Fsp3) is 1.00. The topological polar surface area (TPSA) is 41.7 Å². The standard InChI is InChI=1S/C12H27N3O/c1-5-11-8-15(7-6-14(11)3)12(2,9-13)10-16-4/h11H,5-10,13H2,1-4H3. The summed E-state index contributed by atoms with van der Waals surface area (Å²) in [5.74, 6) is 0. The van der Waals surface area contributed by atoms with Gasteiger partial charge in [0.1, 0.15) is 0 Å². The van der Waals surface area contributed by atoms with E-state index in [1.807, 2.05) is 0 Å². The van der Waals surface area contributed by atoms with Crippen molar-refractivity contribution < 1.29 is 4.74 Å². The van der Waals surface area contributed by atoms with Gasteiger partial charge in [-0.2, -0.15) is 0 Å². The van der Waals surface area contributed by atoms with Crippen LogP contribution in [0.25, 0.3) is 0 Å². The molecular formula is C12H27N3O. The number of piperazine rings is 1. The predicted octanol–water partition coefficient (Wildman–Crippen LogP) is 0.376. The highest BCUT2D eigenvalue weighted by Gasteiger charge is 2.35. The zero-order valence-electron chi connectivity index (χ0n) is 11.2. The first-order chi connectivity index (χ1) is 7.57. The molecule has 2 unspecified atom stereocenters. The van der Waals surface area contributed by atoms with Gasteiger partial charge in [-0.3, -0.25) is 4.90 Å². The second-order valence-corrected chi connectivity index (χ2v) is 5.12. The molecule has 1 fully saturated rings. The molecule has 0 aliphatic carbocycles.